The summed E-state index contributed by atoms with van der Waals surface area (Å²) in [5.41, 5.74) is 5.21. The summed E-state index contributed by atoms with van der Waals surface area (Å²) in [6.07, 6.45) is 1.83. The van der Waals surface area contributed by atoms with Crippen LogP contribution >= 0.6 is 0 Å². The van der Waals surface area contributed by atoms with Crippen molar-refractivity contribution < 1.29 is 9.59 Å². The number of amides is 2. The van der Waals surface area contributed by atoms with Gasteiger partial charge in [0.2, 0.25) is 11.8 Å². The summed E-state index contributed by atoms with van der Waals surface area (Å²) in [6, 6.07) is -0.731. The first-order valence-electron chi connectivity index (χ1n) is 5.35. The first kappa shape index (κ1) is 12.0. The van der Waals surface area contributed by atoms with E-state index < -0.39 is 11.9 Å². The Bertz CT molecular complexity index is 247. The number of hydrogen-bond acceptors (Lipinski definition) is 3. The molecule has 5 nitrogen and oxygen atoms in total. The van der Waals surface area contributed by atoms with Crippen LogP contribution in [0.1, 0.15) is 26.7 Å². The molecule has 1 aliphatic heterocycles. The lowest BCUT2D eigenvalue weighted by Gasteiger charge is -2.21. The minimum Gasteiger partial charge on any atom is -0.368 e. The van der Waals surface area contributed by atoms with Gasteiger partial charge in [0, 0.05) is 0 Å². The van der Waals surface area contributed by atoms with E-state index in [2.05, 4.69) is 10.6 Å². The molecule has 0 aromatic rings. The number of nitrogens with one attached hydrogen (secondary N) is 2. The van der Waals surface area contributed by atoms with Crippen LogP contribution in [0.5, 0.6) is 0 Å². The zero-order valence-corrected chi connectivity index (χ0v) is 9.25. The molecule has 4 N–H and O–H groups in total. The van der Waals surface area contributed by atoms with Crippen LogP contribution in [0.3, 0.4) is 0 Å². The summed E-state index contributed by atoms with van der Waals surface area (Å²) < 4.78 is 0. The summed E-state index contributed by atoms with van der Waals surface area (Å²) in [6.45, 7) is 4.58. The molecule has 0 saturated carbocycles. The second kappa shape index (κ2) is 5.11. The Morgan fingerprint density at radius 1 is 1.47 bits per heavy atom. The predicted octanol–water partition coefficient (Wildman–Crippen LogP) is -0.635. The SMILES string of the molecule is CC(C)[C@@H](NC(=O)[C@@H]1CCCN1)C(N)=O. The molecule has 2 atom stereocenters. The number of primary amides is 1. The standard InChI is InChI=1S/C10H19N3O2/c1-6(2)8(9(11)14)13-10(15)7-4-3-5-12-7/h6-8,12H,3-5H2,1-2H3,(H2,11,14)(H,13,15)/t7-,8+/m0/s1. The molecule has 0 aliphatic carbocycles. The fourth-order valence-electron chi connectivity index (χ4n) is 1.73. The second-order valence-electron chi connectivity index (χ2n) is 4.28. The van der Waals surface area contributed by atoms with Crippen LogP contribution in [0.2, 0.25) is 0 Å². The lowest BCUT2D eigenvalue weighted by Crippen LogP contribution is -2.52. The average molecular weight is 213 g/mol. The van der Waals surface area contributed by atoms with Gasteiger partial charge in [0.1, 0.15) is 6.04 Å². The Morgan fingerprint density at radius 3 is 2.53 bits per heavy atom. The summed E-state index contributed by atoms with van der Waals surface area (Å²) in [7, 11) is 0. The molecule has 0 aromatic heterocycles. The van der Waals surface area contributed by atoms with Crippen LogP contribution in [0.4, 0.5) is 0 Å². The molecule has 0 bridgehead atoms. The van der Waals surface area contributed by atoms with E-state index in [4.69, 9.17) is 5.73 Å². The quantitative estimate of drug-likeness (QED) is 0.581. The number of rotatable bonds is 4. The molecule has 0 unspecified atom stereocenters. The van der Waals surface area contributed by atoms with Crippen molar-refractivity contribution in [2.75, 3.05) is 6.54 Å². The fraction of sp³-hybridized carbons (Fsp3) is 0.800. The van der Waals surface area contributed by atoms with Gasteiger partial charge >= 0.3 is 0 Å². The van der Waals surface area contributed by atoms with E-state index in [0.717, 1.165) is 19.4 Å². The highest BCUT2D eigenvalue weighted by Crippen LogP contribution is 2.07. The molecule has 0 spiro atoms. The van der Waals surface area contributed by atoms with Crippen LogP contribution in [0.15, 0.2) is 0 Å². The minimum absolute atomic E-state index is 0.0212. The van der Waals surface area contributed by atoms with E-state index in [0.29, 0.717) is 0 Å². The van der Waals surface area contributed by atoms with Gasteiger partial charge in [-0.05, 0) is 25.3 Å². The van der Waals surface area contributed by atoms with Crippen LogP contribution in [-0.2, 0) is 9.59 Å². The molecule has 1 aliphatic rings. The Morgan fingerprint density at radius 2 is 2.13 bits per heavy atom. The van der Waals surface area contributed by atoms with E-state index in [1.807, 2.05) is 13.8 Å². The molecular formula is C10H19N3O2. The Hall–Kier alpha value is -1.10. The molecule has 5 heteroatoms. The van der Waals surface area contributed by atoms with Gasteiger partial charge in [-0.2, -0.15) is 0 Å². The zero-order valence-electron chi connectivity index (χ0n) is 9.25. The van der Waals surface area contributed by atoms with Crippen molar-refractivity contribution in [3.63, 3.8) is 0 Å². The summed E-state index contributed by atoms with van der Waals surface area (Å²) >= 11 is 0. The molecule has 1 saturated heterocycles. The Kier molecular flexibility index (Phi) is 4.08. The molecule has 2 amide bonds. The highest BCUT2D eigenvalue weighted by molar-refractivity contribution is 5.89. The third-order valence-corrected chi connectivity index (χ3v) is 2.65. The number of hydrogen-bond donors (Lipinski definition) is 3. The first-order chi connectivity index (χ1) is 7.02. The van der Waals surface area contributed by atoms with Crippen molar-refractivity contribution in [1.82, 2.24) is 10.6 Å². The summed E-state index contributed by atoms with van der Waals surface area (Å²) in [5.74, 6) is -0.575. The maximum Gasteiger partial charge on any atom is 0.240 e. The van der Waals surface area contributed by atoms with Gasteiger partial charge in [-0.25, -0.2) is 0 Å². The van der Waals surface area contributed by atoms with Gasteiger partial charge in [0.05, 0.1) is 6.04 Å². The third kappa shape index (κ3) is 3.20. The van der Waals surface area contributed by atoms with E-state index in [-0.39, 0.29) is 17.9 Å². The normalized spacial score (nSPS) is 22.7. The van der Waals surface area contributed by atoms with Crippen molar-refractivity contribution in [1.29, 1.82) is 0 Å². The van der Waals surface area contributed by atoms with Gasteiger partial charge in [0.15, 0.2) is 0 Å². The minimum atomic E-state index is -0.570. The molecule has 15 heavy (non-hydrogen) atoms. The monoisotopic (exact) mass is 213 g/mol. The van der Waals surface area contributed by atoms with Crippen LogP contribution in [0.25, 0.3) is 0 Å². The van der Waals surface area contributed by atoms with Crippen molar-refractivity contribution in [2.24, 2.45) is 11.7 Å². The molecule has 1 heterocycles. The highest BCUT2D eigenvalue weighted by atomic mass is 16.2. The second-order valence-corrected chi connectivity index (χ2v) is 4.28. The van der Waals surface area contributed by atoms with Gasteiger partial charge in [0.25, 0.3) is 0 Å². The van der Waals surface area contributed by atoms with Crippen LogP contribution in [-0.4, -0.2) is 30.4 Å². The first-order valence-corrected chi connectivity index (χ1v) is 5.35. The molecule has 1 fully saturated rings. The lowest BCUT2D eigenvalue weighted by molar-refractivity contribution is -0.129. The largest absolute Gasteiger partial charge is 0.368 e. The molecule has 0 radical (unpaired) electrons. The smallest absolute Gasteiger partial charge is 0.240 e. The predicted molar refractivity (Wildman–Crippen MR) is 57.0 cm³/mol. The maximum atomic E-state index is 11.7. The molecule has 86 valence electrons. The van der Waals surface area contributed by atoms with E-state index in [9.17, 15) is 9.59 Å². The van der Waals surface area contributed by atoms with Crippen molar-refractivity contribution in [2.45, 2.75) is 38.8 Å². The van der Waals surface area contributed by atoms with Gasteiger partial charge in [-0.15, -0.1) is 0 Å². The van der Waals surface area contributed by atoms with Gasteiger partial charge in [-0.3, -0.25) is 9.59 Å². The fourth-order valence-corrected chi connectivity index (χ4v) is 1.73. The van der Waals surface area contributed by atoms with Crippen molar-refractivity contribution in [3.8, 4) is 0 Å². The molecule has 0 aromatic carbocycles. The average Bonchev–Trinajstić information content (AvgIpc) is 2.65. The molecular weight excluding hydrogens is 194 g/mol. The third-order valence-electron chi connectivity index (χ3n) is 2.65. The maximum absolute atomic E-state index is 11.7. The number of carbonyl (C=O) groups is 2. The van der Waals surface area contributed by atoms with Crippen molar-refractivity contribution in [3.05, 3.63) is 0 Å². The van der Waals surface area contributed by atoms with Crippen LogP contribution < -0.4 is 16.4 Å². The highest BCUT2D eigenvalue weighted by Gasteiger charge is 2.27. The topological polar surface area (TPSA) is 84.2 Å². The molecule has 1 rings (SSSR count). The zero-order chi connectivity index (χ0) is 11.4. The summed E-state index contributed by atoms with van der Waals surface area (Å²) in [5, 5.41) is 5.76. The van der Waals surface area contributed by atoms with Crippen LogP contribution in [0, 0.1) is 5.92 Å². The van der Waals surface area contributed by atoms with E-state index >= 15 is 0 Å². The van der Waals surface area contributed by atoms with Gasteiger partial charge in [-0.1, -0.05) is 13.8 Å². The number of carbonyl (C=O) groups excluding carboxylic acids is 2. The Balaban J connectivity index is 2.50. The lowest BCUT2D eigenvalue weighted by atomic mass is 10.0. The van der Waals surface area contributed by atoms with E-state index in [1.54, 1.807) is 0 Å². The Labute approximate surface area is 89.8 Å². The van der Waals surface area contributed by atoms with Crippen molar-refractivity contribution >= 4 is 11.8 Å². The van der Waals surface area contributed by atoms with Gasteiger partial charge < -0.3 is 16.4 Å². The number of nitrogens with two attached hydrogens (primary N) is 1. The van der Waals surface area contributed by atoms with E-state index in [1.165, 1.54) is 0 Å². The summed E-state index contributed by atoms with van der Waals surface area (Å²) in [4.78, 5) is 22.8.